The molecule has 0 aromatic rings. The van der Waals surface area contributed by atoms with E-state index in [1.165, 1.54) is 0 Å². The minimum atomic E-state index is -4.03. The number of ether oxygens (including phenoxy) is 1. The number of rotatable bonds is 6. The predicted octanol–water partition coefficient (Wildman–Crippen LogP) is 3.12. The van der Waals surface area contributed by atoms with Crippen LogP contribution in [0.5, 0.6) is 0 Å². The molecule has 0 aliphatic carbocycles. The van der Waals surface area contributed by atoms with Gasteiger partial charge >= 0.3 is 6.18 Å². The van der Waals surface area contributed by atoms with Crippen molar-refractivity contribution in [1.82, 2.24) is 5.32 Å². The SMILES string of the molecule is CCNC(CCCC(F)(F)F)C1CCOC1C. The summed E-state index contributed by atoms with van der Waals surface area (Å²) in [5, 5.41) is 3.29. The molecule has 0 aromatic heterocycles. The molecule has 17 heavy (non-hydrogen) atoms. The van der Waals surface area contributed by atoms with E-state index in [0.29, 0.717) is 12.3 Å². The highest BCUT2D eigenvalue weighted by molar-refractivity contribution is 4.84. The fourth-order valence-corrected chi connectivity index (χ4v) is 2.53. The number of halogens is 3. The van der Waals surface area contributed by atoms with Gasteiger partial charge in [-0.2, -0.15) is 13.2 Å². The fraction of sp³-hybridized carbons (Fsp3) is 1.00. The zero-order chi connectivity index (χ0) is 12.9. The van der Waals surface area contributed by atoms with Crippen LogP contribution in [0.25, 0.3) is 0 Å². The lowest BCUT2D eigenvalue weighted by molar-refractivity contribution is -0.136. The number of alkyl halides is 3. The molecule has 3 unspecified atom stereocenters. The summed E-state index contributed by atoms with van der Waals surface area (Å²) in [6.45, 7) is 5.51. The second-order valence-electron chi connectivity index (χ2n) is 4.70. The molecule has 0 spiro atoms. The molecule has 1 aliphatic rings. The van der Waals surface area contributed by atoms with Crippen molar-refractivity contribution in [1.29, 1.82) is 0 Å². The van der Waals surface area contributed by atoms with Gasteiger partial charge in [-0.25, -0.2) is 0 Å². The summed E-state index contributed by atoms with van der Waals surface area (Å²) < 4.78 is 41.8. The molecule has 3 atom stereocenters. The van der Waals surface area contributed by atoms with Gasteiger partial charge in [-0.05, 0) is 32.7 Å². The largest absolute Gasteiger partial charge is 0.389 e. The molecule has 0 amide bonds. The lowest BCUT2D eigenvalue weighted by Gasteiger charge is -2.26. The fourth-order valence-electron chi connectivity index (χ4n) is 2.53. The van der Waals surface area contributed by atoms with Gasteiger partial charge in [0.25, 0.3) is 0 Å². The van der Waals surface area contributed by atoms with Crippen molar-refractivity contribution in [3.8, 4) is 0 Å². The summed E-state index contributed by atoms with van der Waals surface area (Å²) in [6, 6.07) is 0.153. The van der Waals surface area contributed by atoms with E-state index >= 15 is 0 Å². The molecular weight excluding hydrogens is 231 g/mol. The highest BCUT2D eigenvalue weighted by Crippen LogP contribution is 2.28. The molecule has 102 valence electrons. The van der Waals surface area contributed by atoms with E-state index in [0.717, 1.165) is 19.6 Å². The Morgan fingerprint density at radius 3 is 2.59 bits per heavy atom. The molecule has 5 heteroatoms. The van der Waals surface area contributed by atoms with Gasteiger partial charge in [-0.15, -0.1) is 0 Å². The van der Waals surface area contributed by atoms with Crippen molar-refractivity contribution < 1.29 is 17.9 Å². The van der Waals surface area contributed by atoms with Gasteiger partial charge in [-0.1, -0.05) is 6.92 Å². The lowest BCUT2D eigenvalue weighted by atomic mass is 9.90. The normalized spacial score (nSPS) is 27.4. The quantitative estimate of drug-likeness (QED) is 0.785. The number of nitrogens with one attached hydrogen (secondary N) is 1. The van der Waals surface area contributed by atoms with E-state index in [2.05, 4.69) is 5.32 Å². The van der Waals surface area contributed by atoms with E-state index in [-0.39, 0.29) is 18.6 Å². The van der Waals surface area contributed by atoms with E-state index in [1.807, 2.05) is 13.8 Å². The molecule has 0 bridgehead atoms. The van der Waals surface area contributed by atoms with Gasteiger partial charge in [0.1, 0.15) is 0 Å². The summed E-state index contributed by atoms with van der Waals surface area (Å²) in [7, 11) is 0. The van der Waals surface area contributed by atoms with Crippen LogP contribution in [0.1, 0.15) is 39.5 Å². The molecule has 1 saturated heterocycles. The summed E-state index contributed by atoms with van der Waals surface area (Å²) in [6.07, 6.45) is -2.84. The van der Waals surface area contributed by atoms with Crippen molar-refractivity contribution in [2.45, 2.75) is 57.9 Å². The third-order valence-electron chi connectivity index (χ3n) is 3.39. The average Bonchev–Trinajstić information content (AvgIpc) is 2.61. The van der Waals surface area contributed by atoms with Crippen LogP contribution in [0.4, 0.5) is 13.2 Å². The Morgan fingerprint density at radius 2 is 2.12 bits per heavy atom. The maximum absolute atomic E-state index is 12.1. The number of hydrogen-bond donors (Lipinski definition) is 1. The third kappa shape index (κ3) is 5.25. The van der Waals surface area contributed by atoms with Gasteiger partial charge in [0, 0.05) is 25.0 Å². The molecular formula is C12H22F3NO. The summed E-state index contributed by atoms with van der Waals surface area (Å²) in [4.78, 5) is 0. The monoisotopic (exact) mass is 253 g/mol. The second-order valence-corrected chi connectivity index (χ2v) is 4.70. The molecule has 1 fully saturated rings. The van der Waals surface area contributed by atoms with E-state index in [1.54, 1.807) is 0 Å². The van der Waals surface area contributed by atoms with Crippen molar-refractivity contribution in [3.63, 3.8) is 0 Å². The Kier molecular flexibility index (Phi) is 5.73. The Bertz CT molecular complexity index is 220. The summed E-state index contributed by atoms with van der Waals surface area (Å²) >= 11 is 0. The average molecular weight is 253 g/mol. The minimum absolute atomic E-state index is 0.153. The highest BCUT2D eigenvalue weighted by atomic mass is 19.4. The Labute approximate surface area is 101 Å². The van der Waals surface area contributed by atoms with E-state index in [9.17, 15) is 13.2 Å². The molecule has 0 saturated carbocycles. The number of hydrogen-bond acceptors (Lipinski definition) is 2. The zero-order valence-corrected chi connectivity index (χ0v) is 10.5. The van der Waals surface area contributed by atoms with Crippen molar-refractivity contribution >= 4 is 0 Å². The van der Waals surface area contributed by atoms with Crippen LogP contribution in [-0.4, -0.2) is 31.5 Å². The van der Waals surface area contributed by atoms with Gasteiger partial charge in [-0.3, -0.25) is 0 Å². The standard InChI is InChI=1S/C12H22F3NO/c1-3-16-11(5-4-7-12(13,14)15)10-6-8-17-9(10)2/h9-11,16H,3-8H2,1-2H3. The van der Waals surface area contributed by atoms with Gasteiger partial charge in [0.2, 0.25) is 0 Å². The molecule has 1 heterocycles. The molecule has 1 N–H and O–H groups in total. The Balaban J connectivity index is 2.37. The van der Waals surface area contributed by atoms with Crippen LogP contribution in [0, 0.1) is 5.92 Å². The first-order valence-corrected chi connectivity index (χ1v) is 6.35. The first kappa shape index (κ1) is 14.8. The van der Waals surface area contributed by atoms with Crippen molar-refractivity contribution in [2.75, 3.05) is 13.2 Å². The van der Waals surface area contributed by atoms with Crippen LogP contribution in [0.2, 0.25) is 0 Å². The third-order valence-corrected chi connectivity index (χ3v) is 3.39. The van der Waals surface area contributed by atoms with Gasteiger partial charge in [0.15, 0.2) is 0 Å². The maximum Gasteiger partial charge on any atom is 0.389 e. The van der Waals surface area contributed by atoms with E-state index < -0.39 is 12.6 Å². The van der Waals surface area contributed by atoms with Gasteiger partial charge in [0.05, 0.1) is 6.10 Å². The summed E-state index contributed by atoms with van der Waals surface area (Å²) in [5.41, 5.74) is 0. The molecule has 2 nitrogen and oxygen atoms in total. The molecule has 1 rings (SSSR count). The van der Waals surface area contributed by atoms with E-state index in [4.69, 9.17) is 4.74 Å². The topological polar surface area (TPSA) is 21.3 Å². The first-order chi connectivity index (χ1) is 7.94. The van der Waals surface area contributed by atoms with Crippen LogP contribution in [0.15, 0.2) is 0 Å². The maximum atomic E-state index is 12.1. The van der Waals surface area contributed by atoms with Crippen molar-refractivity contribution in [3.05, 3.63) is 0 Å². The molecule has 1 aliphatic heterocycles. The lowest BCUT2D eigenvalue weighted by Crippen LogP contribution is -2.39. The minimum Gasteiger partial charge on any atom is -0.378 e. The van der Waals surface area contributed by atoms with Crippen LogP contribution < -0.4 is 5.32 Å². The van der Waals surface area contributed by atoms with Crippen molar-refractivity contribution in [2.24, 2.45) is 5.92 Å². The van der Waals surface area contributed by atoms with Gasteiger partial charge < -0.3 is 10.1 Å². The zero-order valence-electron chi connectivity index (χ0n) is 10.5. The summed E-state index contributed by atoms with van der Waals surface area (Å²) in [5.74, 6) is 0.350. The smallest absolute Gasteiger partial charge is 0.378 e. The molecule has 0 aromatic carbocycles. The highest BCUT2D eigenvalue weighted by Gasteiger charge is 2.32. The van der Waals surface area contributed by atoms with Crippen LogP contribution in [0.3, 0.4) is 0 Å². The molecule has 0 radical (unpaired) electrons. The second kappa shape index (κ2) is 6.59. The van der Waals surface area contributed by atoms with Crippen LogP contribution >= 0.6 is 0 Å². The predicted molar refractivity (Wildman–Crippen MR) is 60.9 cm³/mol. The first-order valence-electron chi connectivity index (χ1n) is 6.35. The van der Waals surface area contributed by atoms with Crippen LogP contribution in [-0.2, 0) is 4.74 Å². The Morgan fingerprint density at radius 1 is 1.41 bits per heavy atom. The Hall–Kier alpha value is -0.290.